The maximum atomic E-state index is 13.5. The minimum Gasteiger partial charge on any atom is -0.486 e. The van der Waals surface area contributed by atoms with Crippen LogP contribution in [0.1, 0.15) is 11.1 Å². The fraction of sp³-hybridized carbons (Fsp3) is 0.143. The van der Waals surface area contributed by atoms with Crippen molar-refractivity contribution >= 4 is 17.3 Å². The lowest BCUT2D eigenvalue weighted by Gasteiger charge is -2.09. The summed E-state index contributed by atoms with van der Waals surface area (Å²) in [7, 11) is 0. The van der Waals surface area contributed by atoms with Crippen LogP contribution in [-0.2, 0) is 6.61 Å². The minimum absolute atomic E-state index is 0.0408. The summed E-state index contributed by atoms with van der Waals surface area (Å²) < 4.78 is 18.9. The third kappa shape index (κ3) is 3.24. The predicted molar refractivity (Wildman–Crippen MR) is 73.6 cm³/mol. The monoisotopic (exact) mass is 295 g/mol. The Balaban J connectivity index is 2.20. The maximum Gasteiger partial charge on any atom is 0.269 e. The van der Waals surface area contributed by atoms with Crippen molar-refractivity contribution in [2.24, 2.45) is 0 Å². The first-order chi connectivity index (χ1) is 9.47. The number of rotatable bonds is 4. The summed E-state index contributed by atoms with van der Waals surface area (Å²) in [6.07, 6.45) is 0. The van der Waals surface area contributed by atoms with Gasteiger partial charge in [-0.1, -0.05) is 17.7 Å². The Bertz CT molecular complexity index is 661. The minimum atomic E-state index is -0.521. The third-order valence-corrected chi connectivity index (χ3v) is 3.08. The zero-order valence-electron chi connectivity index (χ0n) is 10.6. The Kier molecular flexibility index (Phi) is 4.20. The molecule has 0 fully saturated rings. The number of nitro benzene ring substituents is 1. The molecule has 0 bridgehead atoms. The standard InChI is InChI=1S/C14H11ClFNO3/c1-9-2-5-13(16)14(6-9)20-8-10-7-11(17(18)19)3-4-12(10)15/h2-7H,8H2,1H3. The molecular weight excluding hydrogens is 285 g/mol. The van der Waals surface area contributed by atoms with Gasteiger partial charge in [-0.15, -0.1) is 0 Å². The number of benzene rings is 2. The normalized spacial score (nSPS) is 10.3. The van der Waals surface area contributed by atoms with Crippen LogP contribution in [0.2, 0.25) is 5.02 Å². The molecule has 0 heterocycles. The molecule has 0 spiro atoms. The van der Waals surface area contributed by atoms with Gasteiger partial charge in [0, 0.05) is 22.7 Å². The first-order valence-electron chi connectivity index (χ1n) is 5.79. The summed E-state index contributed by atoms with van der Waals surface area (Å²) >= 11 is 5.94. The van der Waals surface area contributed by atoms with Gasteiger partial charge in [0.2, 0.25) is 0 Å². The average Bonchev–Trinajstić information content (AvgIpc) is 2.41. The molecule has 104 valence electrons. The highest BCUT2D eigenvalue weighted by atomic mass is 35.5. The SMILES string of the molecule is Cc1ccc(F)c(OCc2cc([N+](=O)[O-])ccc2Cl)c1. The highest BCUT2D eigenvalue weighted by Gasteiger charge is 2.11. The van der Waals surface area contributed by atoms with E-state index >= 15 is 0 Å². The summed E-state index contributed by atoms with van der Waals surface area (Å²) in [5.74, 6) is -0.398. The molecule has 2 rings (SSSR count). The largest absolute Gasteiger partial charge is 0.486 e. The second-order valence-corrected chi connectivity index (χ2v) is 4.66. The van der Waals surface area contributed by atoms with E-state index < -0.39 is 10.7 Å². The maximum absolute atomic E-state index is 13.5. The Morgan fingerprint density at radius 1 is 1.30 bits per heavy atom. The van der Waals surface area contributed by atoms with Crippen molar-refractivity contribution in [3.8, 4) is 5.75 Å². The number of halogens is 2. The lowest BCUT2D eigenvalue weighted by atomic mass is 10.2. The number of ether oxygens (including phenoxy) is 1. The molecule has 0 aromatic heterocycles. The van der Waals surface area contributed by atoms with Gasteiger partial charge in [0.1, 0.15) is 6.61 Å². The van der Waals surface area contributed by atoms with Crippen LogP contribution in [0, 0.1) is 22.9 Å². The van der Waals surface area contributed by atoms with Crippen molar-refractivity contribution in [1.29, 1.82) is 0 Å². The second-order valence-electron chi connectivity index (χ2n) is 4.26. The van der Waals surface area contributed by atoms with Crippen LogP contribution in [-0.4, -0.2) is 4.92 Å². The third-order valence-electron chi connectivity index (χ3n) is 2.71. The van der Waals surface area contributed by atoms with E-state index in [0.717, 1.165) is 5.56 Å². The summed E-state index contributed by atoms with van der Waals surface area (Å²) in [5, 5.41) is 11.0. The molecule has 0 unspecified atom stereocenters. The summed E-state index contributed by atoms with van der Waals surface area (Å²) in [6.45, 7) is 1.77. The van der Waals surface area contributed by atoms with E-state index in [1.54, 1.807) is 12.1 Å². The molecule has 0 aliphatic rings. The lowest BCUT2D eigenvalue weighted by molar-refractivity contribution is -0.384. The van der Waals surface area contributed by atoms with E-state index in [4.69, 9.17) is 16.3 Å². The number of nitro groups is 1. The van der Waals surface area contributed by atoms with Gasteiger partial charge in [0.25, 0.3) is 5.69 Å². The molecule has 0 radical (unpaired) electrons. The molecule has 0 atom stereocenters. The van der Waals surface area contributed by atoms with Crippen molar-refractivity contribution in [1.82, 2.24) is 0 Å². The molecule has 2 aromatic rings. The molecule has 6 heteroatoms. The zero-order chi connectivity index (χ0) is 14.7. The smallest absolute Gasteiger partial charge is 0.269 e. The molecule has 0 aliphatic heterocycles. The molecule has 0 saturated carbocycles. The van der Waals surface area contributed by atoms with E-state index in [9.17, 15) is 14.5 Å². The summed E-state index contributed by atoms with van der Waals surface area (Å²) in [4.78, 5) is 10.2. The predicted octanol–water partition coefficient (Wildman–Crippen LogP) is 4.27. The summed E-state index contributed by atoms with van der Waals surface area (Å²) in [6, 6.07) is 8.53. The van der Waals surface area contributed by atoms with E-state index in [-0.39, 0.29) is 18.0 Å². The first kappa shape index (κ1) is 14.3. The van der Waals surface area contributed by atoms with Crippen LogP contribution in [0.15, 0.2) is 36.4 Å². The van der Waals surface area contributed by atoms with Gasteiger partial charge in [0.05, 0.1) is 4.92 Å². The molecule has 4 nitrogen and oxygen atoms in total. The Morgan fingerprint density at radius 3 is 2.75 bits per heavy atom. The molecular formula is C14H11ClFNO3. The molecule has 0 N–H and O–H groups in total. The van der Waals surface area contributed by atoms with Gasteiger partial charge in [-0.05, 0) is 30.7 Å². The zero-order valence-corrected chi connectivity index (χ0v) is 11.4. The topological polar surface area (TPSA) is 52.4 Å². The Morgan fingerprint density at radius 2 is 2.05 bits per heavy atom. The Labute approximate surface area is 119 Å². The van der Waals surface area contributed by atoms with Crippen LogP contribution in [0.3, 0.4) is 0 Å². The van der Waals surface area contributed by atoms with Gasteiger partial charge in [-0.3, -0.25) is 10.1 Å². The van der Waals surface area contributed by atoms with Crippen LogP contribution in [0.4, 0.5) is 10.1 Å². The molecule has 0 aliphatic carbocycles. The lowest BCUT2D eigenvalue weighted by Crippen LogP contribution is -2.00. The number of non-ortho nitro benzene ring substituents is 1. The van der Waals surface area contributed by atoms with Crippen LogP contribution >= 0.6 is 11.6 Å². The molecule has 2 aromatic carbocycles. The van der Waals surface area contributed by atoms with E-state index in [0.29, 0.717) is 10.6 Å². The van der Waals surface area contributed by atoms with E-state index in [1.165, 1.54) is 24.3 Å². The highest BCUT2D eigenvalue weighted by Crippen LogP contribution is 2.25. The fourth-order valence-corrected chi connectivity index (χ4v) is 1.83. The van der Waals surface area contributed by atoms with Gasteiger partial charge >= 0.3 is 0 Å². The number of hydrogen-bond donors (Lipinski definition) is 0. The second kappa shape index (κ2) is 5.88. The summed E-state index contributed by atoms with van der Waals surface area (Å²) in [5.41, 5.74) is 1.20. The van der Waals surface area contributed by atoms with Gasteiger partial charge in [-0.2, -0.15) is 0 Å². The van der Waals surface area contributed by atoms with Crippen molar-refractivity contribution < 1.29 is 14.1 Å². The van der Waals surface area contributed by atoms with Gasteiger partial charge < -0.3 is 4.74 Å². The first-order valence-corrected chi connectivity index (χ1v) is 6.17. The van der Waals surface area contributed by atoms with Crippen LogP contribution in [0.5, 0.6) is 5.75 Å². The van der Waals surface area contributed by atoms with Crippen molar-refractivity contribution in [2.45, 2.75) is 13.5 Å². The number of nitrogens with zero attached hydrogens (tertiary/aromatic N) is 1. The quantitative estimate of drug-likeness (QED) is 0.625. The fourth-order valence-electron chi connectivity index (χ4n) is 1.66. The average molecular weight is 296 g/mol. The van der Waals surface area contributed by atoms with E-state index in [1.807, 2.05) is 6.92 Å². The number of hydrogen-bond acceptors (Lipinski definition) is 3. The van der Waals surface area contributed by atoms with Gasteiger partial charge in [-0.25, -0.2) is 4.39 Å². The van der Waals surface area contributed by atoms with Crippen molar-refractivity contribution in [2.75, 3.05) is 0 Å². The molecule has 20 heavy (non-hydrogen) atoms. The van der Waals surface area contributed by atoms with Crippen molar-refractivity contribution in [3.63, 3.8) is 0 Å². The van der Waals surface area contributed by atoms with Crippen LogP contribution in [0.25, 0.3) is 0 Å². The van der Waals surface area contributed by atoms with Crippen LogP contribution < -0.4 is 4.74 Å². The Hall–Kier alpha value is -2.14. The van der Waals surface area contributed by atoms with Gasteiger partial charge in [0.15, 0.2) is 11.6 Å². The number of aryl methyl sites for hydroxylation is 1. The molecule has 0 amide bonds. The highest BCUT2D eigenvalue weighted by molar-refractivity contribution is 6.31. The molecule has 0 saturated heterocycles. The van der Waals surface area contributed by atoms with E-state index in [2.05, 4.69) is 0 Å². The van der Waals surface area contributed by atoms with Crippen molar-refractivity contribution in [3.05, 3.63) is 68.5 Å².